The SMILES string of the molecule is CNC(C)(CN1CCn2ccnc2C1)C(=O)OC. The van der Waals surface area contributed by atoms with Crippen molar-refractivity contribution >= 4 is 5.97 Å². The minimum absolute atomic E-state index is 0.237. The molecule has 0 saturated heterocycles. The molecule has 2 heterocycles. The molecule has 100 valence electrons. The predicted octanol–water partition coefficient (Wildman–Crippen LogP) is -0.150. The fourth-order valence-electron chi connectivity index (χ4n) is 2.28. The number of carbonyl (C=O) groups is 1. The molecule has 0 saturated carbocycles. The monoisotopic (exact) mass is 252 g/mol. The number of likely N-dealkylation sites (N-methyl/N-ethyl adjacent to an activating group) is 1. The number of nitrogens with zero attached hydrogens (tertiary/aromatic N) is 3. The molecule has 0 bridgehead atoms. The van der Waals surface area contributed by atoms with Crippen LogP contribution in [0.15, 0.2) is 12.4 Å². The van der Waals surface area contributed by atoms with E-state index in [-0.39, 0.29) is 5.97 Å². The molecule has 6 heteroatoms. The second kappa shape index (κ2) is 5.07. The first-order valence-corrected chi connectivity index (χ1v) is 6.09. The molecule has 0 spiro atoms. The zero-order chi connectivity index (χ0) is 13.2. The van der Waals surface area contributed by atoms with Gasteiger partial charge < -0.3 is 14.6 Å². The number of hydrogen-bond acceptors (Lipinski definition) is 5. The summed E-state index contributed by atoms with van der Waals surface area (Å²) in [5.41, 5.74) is -0.677. The first-order chi connectivity index (χ1) is 8.59. The number of hydrogen-bond donors (Lipinski definition) is 1. The molecule has 0 fully saturated rings. The van der Waals surface area contributed by atoms with Crippen LogP contribution in [0.25, 0.3) is 0 Å². The van der Waals surface area contributed by atoms with E-state index >= 15 is 0 Å². The first kappa shape index (κ1) is 13.0. The van der Waals surface area contributed by atoms with E-state index in [2.05, 4.69) is 19.8 Å². The topological polar surface area (TPSA) is 59.4 Å². The summed E-state index contributed by atoms with van der Waals surface area (Å²) in [6.07, 6.45) is 3.81. The Morgan fingerprint density at radius 2 is 2.39 bits per heavy atom. The Kier molecular flexibility index (Phi) is 3.68. The van der Waals surface area contributed by atoms with E-state index < -0.39 is 5.54 Å². The number of carbonyl (C=O) groups excluding carboxylic acids is 1. The maximum Gasteiger partial charge on any atom is 0.327 e. The van der Waals surface area contributed by atoms with Crippen molar-refractivity contribution in [1.29, 1.82) is 0 Å². The van der Waals surface area contributed by atoms with Crippen LogP contribution in [0.5, 0.6) is 0 Å². The summed E-state index contributed by atoms with van der Waals surface area (Å²) in [4.78, 5) is 18.3. The minimum Gasteiger partial charge on any atom is -0.468 e. The van der Waals surface area contributed by atoms with Crippen molar-refractivity contribution in [3.05, 3.63) is 18.2 Å². The third kappa shape index (κ3) is 2.39. The molecule has 1 aromatic rings. The van der Waals surface area contributed by atoms with Gasteiger partial charge in [-0.15, -0.1) is 0 Å². The summed E-state index contributed by atoms with van der Waals surface area (Å²) < 4.78 is 7.00. The highest BCUT2D eigenvalue weighted by Crippen LogP contribution is 2.15. The van der Waals surface area contributed by atoms with Crippen LogP contribution in [0, 0.1) is 0 Å². The van der Waals surface area contributed by atoms with Crippen molar-refractivity contribution in [2.45, 2.75) is 25.6 Å². The zero-order valence-corrected chi connectivity index (χ0v) is 11.1. The number of nitrogens with one attached hydrogen (secondary N) is 1. The molecule has 0 amide bonds. The van der Waals surface area contributed by atoms with Gasteiger partial charge in [-0.1, -0.05) is 0 Å². The molecule has 1 unspecified atom stereocenters. The Bertz CT molecular complexity index is 431. The Balaban J connectivity index is 2.04. The van der Waals surface area contributed by atoms with E-state index in [1.807, 2.05) is 19.3 Å². The van der Waals surface area contributed by atoms with E-state index in [0.717, 1.165) is 25.5 Å². The van der Waals surface area contributed by atoms with Crippen LogP contribution in [0.1, 0.15) is 12.7 Å². The molecule has 0 radical (unpaired) electrons. The Hall–Kier alpha value is -1.40. The summed E-state index contributed by atoms with van der Waals surface area (Å²) in [6, 6.07) is 0. The molecule has 0 aliphatic carbocycles. The molecule has 6 nitrogen and oxygen atoms in total. The molecule has 2 rings (SSSR count). The number of esters is 1. The van der Waals surface area contributed by atoms with Gasteiger partial charge in [-0.2, -0.15) is 0 Å². The number of rotatable bonds is 4. The average molecular weight is 252 g/mol. The van der Waals surface area contributed by atoms with Gasteiger partial charge in [0.05, 0.1) is 13.7 Å². The van der Waals surface area contributed by atoms with E-state index in [0.29, 0.717) is 6.54 Å². The van der Waals surface area contributed by atoms with Crippen molar-refractivity contribution in [3.63, 3.8) is 0 Å². The van der Waals surface area contributed by atoms with Crippen LogP contribution in [-0.4, -0.2) is 53.2 Å². The van der Waals surface area contributed by atoms with Crippen molar-refractivity contribution in [2.75, 3.05) is 27.2 Å². The average Bonchev–Trinajstić information content (AvgIpc) is 2.84. The third-order valence-electron chi connectivity index (χ3n) is 3.55. The molecule has 1 aliphatic rings. The summed E-state index contributed by atoms with van der Waals surface area (Å²) in [7, 11) is 3.20. The van der Waals surface area contributed by atoms with Gasteiger partial charge in [0.15, 0.2) is 0 Å². The fourth-order valence-corrected chi connectivity index (χ4v) is 2.28. The molecule has 1 N–H and O–H groups in total. The summed E-state index contributed by atoms with van der Waals surface area (Å²) >= 11 is 0. The highest BCUT2D eigenvalue weighted by molar-refractivity contribution is 5.80. The zero-order valence-electron chi connectivity index (χ0n) is 11.1. The van der Waals surface area contributed by atoms with E-state index in [4.69, 9.17) is 4.74 Å². The molecule has 18 heavy (non-hydrogen) atoms. The predicted molar refractivity (Wildman–Crippen MR) is 67.0 cm³/mol. The lowest BCUT2D eigenvalue weighted by molar-refractivity contribution is -0.148. The summed E-state index contributed by atoms with van der Waals surface area (Å²) in [5.74, 6) is 0.809. The third-order valence-corrected chi connectivity index (χ3v) is 3.55. The van der Waals surface area contributed by atoms with Gasteiger partial charge in [0.25, 0.3) is 0 Å². The molecule has 1 aliphatic heterocycles. The standard InChI is InChI=1S/C12H20N4O2/c1-12(13-2,11(17)18-3)9-15-6-7-16-5-4-14-10(16)8-15/h4-5,13H,6-9H2,1-3H3. The van der Waals surface area contributed by atoms with Gasteiger partial charge in [-0.05, 0) is 14.0 Å². The minimum atomic E-state index is -0.677. The highest BCUT2D eigenvalue weighted by Gasteiger charge is 2.35. The van der Waals surface area contributed by atoms with Crippen molar-refractivity contribution in [3.8, 4) is 0 Å². The van der Waals surface area contributed by atoms with Crippen molar-refractivity contribution in [2.24, 2.45) is 0 Å². The second-order valence-corrected chi connectivity index (χ2v) is 4.82. The number of ether oxygens (including phenoxy) is 1. The summed E-state index contributed by atoms with van der Waals surface area (Å²) in [6.45, 7) is 5.07. The lowest BCUT2D eigenvalue weighted by Gasteiger charge is -2.35. The van der Waals surface area contributed by atoms with Crippen molar-refractivity contribution in [1.82, 2.24) is 19.8 Å². The largest absolute Gasteiger partial charge is 0.468 e. The Labute approximate surface area is 107 Å². The fraction of sp³-hybridized carbons (Fsp3) is 0.667. The number of methoxy groups -OCH3 is 1. The Morgan fingerprint density at radius 1 is 1.61 bits per heavy atom. The molecule has 0 aromatic carbocycles. The number of fused-ring (bicyclic) bond motifs is 1. The Morgan fingerprint density at radius 3 is 3.06 bits per heavy atom. The van der Waals surface area contributed by atoms with Gasteiger partial charge in [-0.3, -0.25) is 9.69 Å². The van der Waals surface area contributed by atoms with Crippen LogP contribution >= 0.6 is 0 Å². The highest BCUT2D eigenvalue weighted by atomic mass is 16.5. The van der Waals surface area contributed by atoms with Gasteiger partial charge in [0.1, 0.15) is 11.4 Å². The van der Waals surface area contributed by atoms with E-state index in [1.165, 1.54) is 7.11 Å². The second-order valence-electron chi connectivity index (χ2n) is 4.82. The van der Waals surface area contributed by atoms with Crippen molar-refractivity contribution < 1.29 is 9.53 Å². The smallest absolute Gasteiger partial charge is 0.327 e. The normalized spacial score (nSPS) is 19.1. The van der Waals surface area contributed by atoms with Crippen LogP contribution in [-0.2, 0) is 22.6 Å². The molecular formula is C12H20N4O2. The lowest BCUT2D eigenvalue weighted by atomic mass is 10.0. The van der Waals surface area contributed by atoms with Crippen LogP contribution < -0.4 is 5.32 Å². The first-order valence-electron chi connectivity index (χ1n) is 6.09. The van der Waals surface area contributed by atoms with Gasteiger partial charge >= 0.3 is 5.97 Å². The molecule has 1 atom stereocenters. The quantitative estimate of drug-likeness (QED) is 0.755. The maximum atomic E-state index is 11.8. The molecule has 1 aromatic heterocycles. The van der Waals surface area contributed by atoms with Gasteiger partial charge in [0, 0.05) is 32.0 Å². The lowest BCUT2D eigenvalue weighted by Crippen LogP contribution is -2.56. The van der Waals surface area contributed by atoms with Crippen LogP contribution in [0.2, 0.25) is 0 Å². The van der Waals surface area contributed by atoms with Gasteiger partial charge in [-0.25, -0.2) is 4.98 Å². The maximum absolute atomic E-state index is 11.8. The van der Waals surface area contributed by atoms with Gasteiger partial charge in [0.2, 0.25) is 0 Å². The van der Waals surface area contributed by atoms with Crippen LogP contribution in [0.4, 0.5) is 0 Å². The van der Waals surface area contributed by atoms with E-state index in [1.54, 1.807) is 7.05 Å². The summed E-state index contributed by atoms with van der Waals surface area (Å²) in [5, 5.41) is 3.05. The number of imidazole rings is 1. The van der Waals surface area contributed by atoms with Crippen LogP contribution in [0.3, 0.4) is 0 Å². The molecular weight excluding hydrogens is 232 g/mol. The van der Waals surface area contributed by atoms with E-state index in [9.17, 15) is 4.79 Å². The number of aromatic nitrogens is 2.